The van der Waals surface area contributed by atoms with Crippen LogP contribution in [0.1, 0.15) is 65.2 Å². The molecule has 1 aliphatic carbocycles. The molecule has 3 unspecified atom stereocenters. The Morgan fingerprint density at radius 3 is 2.52 bits per heavy atom. The van der Waals surface area contributed by atoms with Gasteiger partial charge in [-0.25, -0.2) is 0 Å². The van der Waals surface area contributed by atoms with E-state index in [2.05, 4.69) is 0 Å². The molecule has 2 N–H and O–H groups in total. The molecular weight excluding hydrogens is 348 g/mol. The smallest absolute Gasteiger partial charge is 0.145 e. The van der Waals surface area contributed by atoms with Crippen molar-refractivity contribution in [1.29, 1.82) is 0 Å². The van der Waals surface area contributed by atoms with Crippen LogP contribution in [0.15, 0.2) is 11.6 Å². The fourth-order valence-corrected chi connectivity index (χ4v) is 3.78. The molecule has 6 heteroatoms. The number of carbonyl (C=O) groups excluding carboxylic acids is 4. The predicted octanol–water partition coefficient (Wildman–Crippen LogP) is 2.20. The van der Waals surface area contributed by atoms with Crippen molar-refractivity contribution in [3.05, 3.63) is 11.6 Å². The van der Waals surface area contributed by atoms with Gasteiger partial charge < -0.3 is 10.2 Å². The van der Waals surface area contributed by atoms with Crippen molar-refractivity contribution in [3.63, 3.8) is 0 Å². The first-order valence-corrected chi connectivity index (χ1v) is 9.69. The number of Topliss-reactive ketones (excluding diaryl/α,β-unsaturated/α-hetero) is 4. The summed E-state index contributed by atoms with van der Waals surface area (Å²) in [7, 11) is 0. The van der Waals surface area contributed by atoms with Gasteiger partial charge in [0.15, 0.2) is 0 Å². The van der Waals surface area contributed by atoms with Gasteiger partial charge in [-0.1, -0.05) is 11.6 Å². The Labute approximate surface area is 161 Å². The fraction of sp³-hybridized carbons (Fsp3) is 0.714. The molecule has 0 saturated heterocycles. The lowest BCUT2D eigenvalue weighted by molar-refractivity contribution is -0.131. The topological polar surface area (TPSA) is 109 Å². The summed E-state index contributed by atoms with van der Waals surface area (Å²) >= 11 is 0. The molecule has 0 bridgehead atoms. The highest BCUT2D eigenvalue weighted by Crippen LogP contribution is 2.31. The van der Waals surface area contributed by atoms with Crippen LogP contribution in [0.25, 0.3) is 0 Å². The minimum Gasteiger partial charge on any atom is -0.396 e. The van der Waals surface area contributed by atoms with Crippen molar-refractivity contribution >= 4 is 23.1 Å². The first-order chi connectivity index (χ1) is 12.8. The van der Waals surface area contributed by atoms with Gasteiger partial charge in [0.25, 0.3) is 0 Å². The van der Waals surface area contributed by atoms with E-state index in [1.807, 2.05) is 13.0 Å². The summed E-state index contributed by atoms with van der Waals surface area (Å²) in [5, 5.41) is 19.1. The summed E-state index contributed by atoms with van der Waals surface area (Å²) in [6.45, 7) is 2.78. The van der Waals surface area contributed by atoms with Gasteiger partial charge in [-0.15, -0.1) is 0 Å². The molecular formula is C21H32O6. The van der Waals surface area contributed by atoms with E-state index in [1.165, 1.54) is 6.92 Å². The van der Waals surface area contributed by atoms with E-state index in [0.717, 1.165) is 18.4 Å². The molecule has 0 heterocycles. The summed E-state index contributed by atoms with van der Waals surface area (Å²) in [6, 6.07) is 0. The van der Waals surface area contributed by atoms with E-state index >= 15 is 0 Å². The first kappa shape index (κ1) is 23.4. The second-order valence-electron chi connectivity index (χ2n) is 7.76. The van der Waals surface area contributed by atoms with E-state index in [0.29, 0.717) is 19.3 Å². The molecule has 0 saturated carbocycles. The van der Waals surface area contributed by atoms with Gasteiger partial charge in [0.2, 0.25) is 0 Å². The van der Waals surface area contributed by atoms with Crippen LogP contribution in [0.5, 0.6) is 0 Å². The Kier molecular flexibility index (Phi) is 10.3. The van der Waals surface area contributed by atoms with Crippen LogP contribution in [-0.4, -0.2) is 46.6 Å². The molecule has 6 nitrogen and oxygen atoms in total. The average Bonchev–Trinajstić information content (AvgIpc) is 2.57. The maximum atomic E-state index is 12.3. The van der Waals surface area contributed by atoms with E-state index in [4.69, 9.17) is 0 Å². The SMILES string of the molecule is CC(=O)CC(=O)C(CO)C(CCO)CC1CC/C(C)=C\CC(=O)CC(=O)C1. The Hall–Kier alpha value is -1.66. The van der Waals surface area contributed by atoms with Crippen molar-refractivity contribution in [2.75, 3.05) is 13.2 Å². The fourth-order valence-electron chi connectivity index (χ4n) is 3.78. The van der Waals surface area contributed by atoms with Crippen LogP contribution < -0.4 is 0 Å². The standard InChI is InChI=1S/C21H32O6/c1-14-3-5-16(11-19(26)12-18(25)6-4-14)10-17(7-8-22)20(13-23)21(27)9-15(2)24/h4,16-17,20,22-23H,3,5-13H2,1-2H3/b14-4-. The minimum absolute atomic E-state index is 0.0255. The third-order valence-corrected chi connectivity index (χ3v) is 5.27. The summed E-state index contributed by atoms with van der Waals surface area (Å²) < 4.78 is 0. The monoisotopic (exact) mass is 380 g/mol. The molecule has 152 valence electrons. The third-order valence-electron chi connectivity index (χ3n) is 5.27. The summed E-state index contributed by atoms with van der Waals surface area (Å²) in [5.74, 6) is -1.80. The number of rotatable bonds is 9. The third kappa shape index (κ3) is 8.71. The van der Waals surface area contributed by atoms with Crippen molar-refractivity contribution in [1.82, 2.24) is 0 Å². The van der Waals surface area contributed by atoms with E-state index in [1.54, 1.807) is 0 Å². The summed E-state index contributed by atoms with van der Waals surface area (Å²) in [4.78, 5) is 47.7. The average molecular weight is 380 g/mol. The minimum atomic E-state index is -0.718. The van der Waals surface area contributed by atoms with Crippen LogP contribution >= 0.6 is 0 Å². The highest BCUT2D eigenvalue weighted by atomic mass is 16.3. The number of aliphatic hydroxyl groups is 2. The molecule has 0 aromatic heterocycles. The molecule has 0 fully saturated rings. The molecule has 0 aliphatic heterocycles. The number of carbonyl (C=O) groups is 4. The number of allylic oxidation sites excluding steroid dienone is 2. The highest BCUT2D eigenvalue weighted by Gasteiger charge is 2.31. The molecule has 0 amide bonds. The predicted molar refractivity (Wildman–Crippen MR) is 101 cm³/mol. The molecule has 27 heavy (non-hydrogen) atoms. The van der Waals surface area contributed by atoms with Crippen molar-refractivity contribution < 1.29 is 29.4 Å². The number of hydrogen-bond acceptors (Lipinski definition) is 6. The molecule has 3 atom stereocenters. The summed E-state index contributed by atoms with van der Waals surface area (Å²) in [6.07, 6.45) is 4.48. The van der Waals surface area contributed by atoms with Gasteiger partial charge in [0, 0.05) is 25.4 Å². The zero-order chi connectivity index (χ0) is 20.4. The molecule has 0 aromatic rings. The lowest BCUT2D eigenvalue weighted by Gasteiger charge is -2.28. The van der Waals surface area contributed by atoms with E-state index in [-0.39, 0.29) is 67.4 Å². The van der Waals surface area contributed by atoms with Gasteiger partial charge in [0.05, 0.1) is 19.4 Å². The first-order valence-electron chi connectivity index (χ1n) is 9.69. The van der Waals surface area contributed by atoms with Crippen LogP contribution in [0, 0.1) is 17.8 Å². The molecule has 0 spiro atoms. The normalized spacial score (nSPS) is 23.3. The van der Waals surface area contributed by atoms with Crippen LogP contribution in [0.3, 0.4) is 0 Å². The second-order valence-corrected chi connectivity index (χ2v) is 7.76. The number of hydrogen-bond donors (Lipinski definition) is 2. The maximum Gasteiger partial charge on any atom is 0.145 e. The number of ketones is 4. The largest absolute Gasteiger partial charge is 0.396 e. The van der Waals surface area contributed by atoms with E-state index < -0.39 is 5.92 Å². The van der Waals surface area contributed by atoms with Crippen molar-refractivity contribution in [3.8, 4) is 0 Å². The number of aliphatic hydroxyl groups excluding tert-OH is 2. The van der Waals surface area contributed by atoms with E-state index in [9.17, 15) is 29.4 Å². The summed E-state index contributed by atoms with van der Waals surface area (Å²) in [5.41, 5.74) is 1.10. The Morgan fingerprint density at radius 2 is 1.93 bits per heavy atom. The van der Waals surface area contributed by atoms with Crippen molar-refractivity contribution in [2.24, 2.45) is 17.8 Å². The van der Waals surface area contributed by atoms with Gasteiger partial charge in [0.1, 0.15) is 23.1 Å². The lowest BCUT2D eigenvalue weighted by atomic mass is 9.76. The lowest BCUT2D eigenvalue weighted by Crippen LogP contribution is -2.31. The van der Waals surface area contributed by atoms with Crippen molar-refractivity contribution in [2.45, 2.75) is 65.2 Å². The highest BCUT2D eigenvalue weighted by molar-refractivity contribution is 6.00. The second kappa shape index (κ2) is 11.9. The molecule has 0 radical (unpaired) electrons. The Balaban J connectivity index is 2.93. The zero-order valence-electron chi connectivity index (χ0n) is 16.4. The quantitative estimate of drug-likeness (QED) is 0.469. The van der Waals surface area contributed by atoms with Gasteiger partial charge >= 0.3 is 0 Å². The molecule has 1 aliphatic rings. The molecule has 1 rings (SSSR count). The van der Waals surface area contributed by atoms with Crippen LogP contribution in [0.2, 0.25) is 0 Å². The van der Waals surface area contributed by atoms with Gasteiger partial charge in [-0.05, 0) is 51.4 Å². The Morgan fingerprint density at radius 1 is 1.22 bits per heavy atom. The molecule has 0 aromatic carbocycles. The Bertz CT molecular complexity index is 577. The van der Waals surface area contributed by atoms with Crippen LogP contribution in [0.4, 0.5) is 0 Å². The van der Waals surface area contributed by atoms with Gasteiger partial charge in [-0.3, -0.25) is 19.2 Å². The maximum absolute atomic E-state index is 12.3. The van der Waals surface area contributed by atoms with Crippen LogP contribution in [-0.2, 0) is 19.2 Å². The van der Waals surface area contributed by atoms with Gasteiger partial charge in [-0.2, -0.15) is 0 Å². The zero-order valence-corrected chi connectivity index (χ0v) is 16.4.